The second-order valence-corrected chi connectivity index (χ2v) is 6.47. The van der Waals surface area contributed by atoms with Crippen molar-refractivity contribution in [2.75, 3.05) is 26.2 Å². The first-order valence-electron chi connectivity index (χ1n) is 7.00. The van der Waals surface area contributed by atoms with Crippen LogP contribution in [0.1, 0.15) is 37.9 Å². The summed E-state index contributed by atoms with van der Waals surface area (Å²) in [4.78, 5) is 2.63. The van der Waals surface area contributed by atoms with Crippen molar-refractivity contribution in [3.63, 3.8) is 0 Å². The van der Waals surface area contributed by atoms with Crippen LogP contribution in [0.15, 0.2) is 24.3 Å². The summed E-state index contributed by atoms with van der Waals surface area (Å²) in [5.41, 5.74) is 3.06. The molecule has 1 heterocycles. The third-order valence-corrected chi connectivity index (χ3v) is 3.73. The minimum absolute atomic E-state index is 0.270. The normalized spacial score (nSPS) is 19.8. The lowest BCUT2D eigenvalue weighted by atomic mass is 9.81. The van der Waals surface area contributed by atoms with E-state index < -0.39 is 0 Å². The molecule has 100 valence electrons. The van der Waals surface area contributed by atoms with Crippen LogP contribution in [-0.4, -0.2) is 31.1 Å². The van der Waals surface area contributed by atoms with Gasteiger partial charge in [0, 0.05) is 32.2 Å². The van der Waals surface area contributed by atoms with E-state index in [4.69, 9.17) is 0 Å². The number of hydrogen-bond acceptors (Lipinski definition) is 2. The number of hydrogen-bond donors (Lipinski definition) is 1. The topological polar surface area (TPSA) is 15.3 Å². The first-order valence-corrected chi connectivity index (χ1v) is 7.00. The largest absolute Gasteiger partial charge is 0.314 e. The maximum absolute atomic E-state index is 3.44. The molecule has 2 nitrogen and oxygen atoms in total. The van der Waals surface area contributed by atoms with E-state index in [1.165, 1.54) is 11.1 Å². The summed E-state index contributed by atoms with van der Waals surface area (Å²) in [5, 5.41) is 3.44. The molecule has 1 aliphatic rings. The summed E-state index contributed by atoms with van der Waals surface area (Å²) < 4.78 is 0. The molecule has 1 aliphatic heterocycles. The van der Waals surface area contributed by atoms with Crippen molar-refractivity contribution in [2.24, 2.45) is 5.41 Å². The molecule has 1 atom stereocenters. The lowest BCUT2D eigenvalue weighted by Crippen LogP contribution is -2.48. The lowest BCUT2D eigenvalue weighted by Gasteiger charge is -2.42. The van der Waals surface area contributed by atoms with Gasteiger partial charge in [0.25, 0.3) is 0 Å². The Morgan fingerprint density at radius 2 is 1.61 bits per heavy atom. The minimum Gasteiger partial charge on any atom is -0.314 e. The van der Waals surface area contributed by atoms with Crippen LogP contribution in [0.4, 0.5) is 0 Å². The molecule has 0 amide bonds. The average Bonchev–Trinajstić information content (AvgIpc) is 2.32. The predicted molar refractivity (Wildman–Crippen MR) is 77.8 cm³/mol. The van der Waals surface area contributed by atoms with E-state index in [0.717, 1.165) is 26.2 Å². The fourth-order valence-electron chi connectivity index (χ4n) is 2.95. The molecular formula is C16H26N2. The molecule has 1 aromatic carbocycles. The molecule has 1 fully saturated rings. The number of nitrogens with one attached hydrogen (secondary N) is 1. The van der Waals surface area contributed by atoms with Gasteiger partial charge in [-0.3, -0.25) is 4.90 Å². The molecule has 0 aromatic heterocycles. The summed E-state index contributed by atoms with van der Waals surface area (Å²) in [6.45, 7) is 13.7. The zero-order valence-electron chi connectivity index (χ0n) is 12.2. The fourth-order valence-corrected chi connectivity index (χ4v) is 2.95. The molecule has 2 heteroatoms. The third-order valence-electron chi connectivity index (χ3n) is 3.73. The van der Waals surface area contributed by atoms with Crippen LogP contribution in [0.3, 0.4) is 0 Å². The predicted octanol–water partition coefficient (Wildman–Crippen LogP) is 2.99. The van der Waals surface area contributed by atoms with Gasteiger partial charge in [-0.15, -0.1) is 0 Å². The van der Waals surface area contributed by atoms with Gasteiger partial charge in [0.15, 0.2) is 0 Å². The fraction of sp³-hybridized carbons (Fsp3) is 0.625. The summed E-state index contributed by atoms with van der Waals surface area (Å²) in [7, 11) is 0. The number of nitrogens with zero attached hydrogens (tertiary/aromatic N) is 1. The van der Waals surface area contributed by atoms with Gasteiger partial charge in [-0.05, 0) is 17.9 Å². The van der Waals surface area contributed by atoms with Crippen molar-refractivity contribution in [3.05, 3.63) is 35.4 Å². The van der Waals surface area contributed by atoms with Crippen LogP contribution in [0.2, 0.25) is 0 Å². The Morgan fingerprint density at radius 3 is 2.11 bits per heavy atom. The van der Waals surface area contributed by atoms with E-state index >= 15 is 0 Å². The quantitative estimate of drug-likeness (QED) is 0.863. The maximum Gasteiger partial charge on any atom is 0.0397 e. The molecule has 0 radical (unpaired) electrons. The molecule has 0 bridgehead atoms. The van der Waals surface area contributed by atoms with E-state index in [9.17, 15) is 0 Å². The maximum atomic E-state index is 3.44. The standard InChI is InChI=1S/C16H26N2/c1-13-5-7-14(8-6-13)15(16(2,3)4)18-11-9-17-10-12-18/h5-8,15,17H,9-12H2,1-4H3/t15-/m0/s1. The van der Waals surface area contributed by atoms with E-state index in [1.54, 1.807) is 0 Å². The van der Waals surface area contributed by atoms with Crippen molar-refractivity contribution in [1.29, 1.82) is 0 Å². The minimum atomic E-state index is 0.270. The van der Waals surface area contributed by atoms with Crippen LogP contribution in [-0.2, 0) is 0 Å². The number of rotatable bonds is 2. The molecule has 0 unspecified atom stereocenters. The van der Waals surface area contributed by atoms with Gasteiger partial charge < -0.3 is 5.32 Å². The van der Waals surface area contributed by atoms with Crippen LogP contribution >= 0.6 is 0 Å². The highest BCUT2D eigenvalue weighted by Crippen LogP contribution is 2.38. The Morgan fingerprint density at radius 1 is 1.06 bits per heavy atom. The van der Waals surface area contributed by atoms with Gasteiger partial charge in [0.1, 0.15) is 0 Å². The molecule has 18 heavy (non-hydrogen) atoms. The van der Waals surface area contributed by atoms with Crippen LogP contribution in [0.5, 0.6) is 0 Å². The Bertz CT molecular complexity index is 369. The molecule has 0 saturated carbocycles. The van der Waals surface area contributed by atoms with Gasteiger partial charge in [-0.25, -0.2) is 0 Å². The van der Waals surface area contributed by atoms with Gasteiger partial charge in [0.2, 0.25) is 0 Å². The van der Waals surface area contributed by atoms with E-state index in [0.29, 0.717) is 6.04 Å². The summed E-state index contributed by atoms with van der Waals surface area (Å²) in [6, 6.07) is 9.58. The zero-order chi connectivity index (χ0) is 13.2. The van der Waals surface area contributed by atoms with Gasteiger partial charge >= 0.3 is 0 Å². The zero-order valence-corrected chi connectivity index (χ0v) is 12.2. The van der Waals surface area contributed by atoms with E-state index in [1.807, 2.05) is 0 Å². The van der Waals surface area contributed by atoms with Crippen LogP contribution in [0, 0.1) is 12.3 Å². The monoisotopic (exact) mass is 246 g/mol. The molecule has 0 aliphatic carbocycles. The summed E-state index contributed by atoms with van der Waals surface area (Å²) >= 11 is 0. The molecule has 1 N–H and O–H groups in total. The summed E-state index contributed by atoms with van der Waals surface area (Å²) in [6.07, 6.45) is 0. The number of benzene rings is 1. The lowest BCUT2D eigenvalue weighted by molar-refractivity contribution is 0.0862. The van der Waals surface area contributed by atoms with Crippen LogP contribution in [0.25, 0.3) is 0 Å². The van der Waals surface area contributed by atoms with Crippen LogP contribution < -0.4 is 5.32 Å². The second-order valence-electron chi connectivity index (χ2n) is 6.47. The SMILES string of the molecule is Cc1ccc([C@H](N2CCNCC2)C(C)(C)C)cc1. The molecule has 1 aromatic rings. The Balaban J connectivity index is 2.27. The van der Waals surface area contributed by atoms with Gasteiger partial charge in [-0.2, -0.15) is 0 Å². The number of piperazine rings is 1. The third kappa shape index (κ3) is 3.12. The Hall–Kier alpha value is -0.860. The van der Waals surface area contributed by atoms with E-state index in [-0.39, 0.29) is 5.41 Å². The van der Waals surface area contributed by atoms with Crippen molar-refractivity contribution >= 4 is 0 Å². The average molecular weight is 246 g/mol. The molecule has 0 spiro atoms. The smallest absolute Gasteiger partial charge is 0.0397 e. The highest BCUT2D eigenvalue weighted by molar-refractivity contribution is 5.25. The Kier molecular flexibility index (Phi) is 4.08. The van der Waals surface area contributed by atoms with Gasteiger partial charge in [0.05, 0.1) is 0 Å². The van der Waals surface area contributed by atoms with E-state index in [2.05, 4.69) is 62.2 Å². The van der Waals surface area contributed by atoms with Crippen molar-refractivity contribution in [2.45, 2.75) is 33.7 Å². The van der Waals surface area contributed by atoms with Crippen molar-refractivity contribution in [1.82, 2.24) is 10.2 Å². The second kappa shape index (κ2) is 5.41. The van der Waals surface area contributed by atoms with Gasteiger partial charge in [-0.1, -0.05) is 50.6 Å². The number of aryl methyl sites for hydroxylation is 1. The highest BCUT2D eigenvalue weighted by atomic mass is 15.2. The Labute approximate surface area is 111 Å². The molecule has 1 saturated heterocycles. The van der Waals surface area contributed by atoms with Crippen molar-refractivity contribution < 1.29 is 0 Å². The first-order chi connectivity index (χ1) is 8.48. The molecular weight excluding hydrogens is 220 g/mol. The molecule has 2 rings (SSSR count). The highest BCUT2D eigenvalue weighted by Gasteiger charge is 2.32. The first kappa shape index (κ1) is 13.6. The van der Waals surface area contributed by atoms with Crippen molar-refractivity contribution in [3.8, 4) is 0 Å². The summed E-state index contributed by atoms with van der Waals surface area (Å²) in [5.74, 6) is 0.